The molecule has 0 fully saturated rings. The van der Waals surface area contributed by atoms with Crippen molar-refractivity contribution in [3.8, 4) is 0 Å². The smallest absolute Gasteiger partial charge is 0.410 e. The molecule has 0 aromatic carbocycles. The number of ether oxygens (including phenoxy) is 1. The van der Waals surface area contributed by atoms with Gasteiger partial charge in [-0.05, 0) is 48.5 Å². The van der Waals surface area contributed by atoms with Gasteiger partial charge < -0.3 is 15.0 Å². The van der Waals surface area contributed by atoms with Gasteiger partial charge in [-0.1, -0.05) is 0 Å². The lowest BCUT2D eigenvalue weighted by atomic mass is 10.1. The summed E-state index contributed by atoms with van der Waals surface area (Å²) in [5, 5.41) is 7.93. The molecule has 6 nitrogen and oxygen atoms in total. The molecule has 1 aromatic rings. The minimum atomic E-state index is -0.463. The molecule has 0 saturated heterocycles. The van der Waals surface area contributed by atoms with E-state index < -0.39 is 5.60 Å². The van der Waals surface area contributed by atoms with Crippen LogP contribution in [-0.2, 0) is 11.8 Å². The van der Waals surface area contributed by atoms with Crippen molar-refractivity contribution in [1.29, 1.82) is 0 Å². The Kier molecular flexibility index (Phi) is 6.62. The summed E-state index contributed by atoms with van der Waals surface area (Å²) in [6, 6.07) is 0.195. The molecule has 1 amide bonds. The first-order valence-electron chi connectivity index (χ1n) is 8.28. The summed E-state index contributed by atoms with van der Waals surface area (Å²) in [5.41, 5.74) is 2.98. The molecule has 1 N–H and O–H groups in total. The van der Waals surface area contributed by atoms with Crippen molar-refractivity contribution >= 4 is 6.09 Å². The highest BCUT2D eigenvalue weighted by Crippen LogP contribution is 2.20. The van der Waals surface area contributed by atoms with E-state index in [4.69, 9.17) is 4.74 Å². The Morgan fingerprint density at radius 1 is 1.39 bits per heavy atom. The number of nitrogens with one attached hydrogen (secondary N) is 1. The first-order chi connectivity index (χ1) is 10.6. The summed E-state index contributed by atoms with van der Waals surface area (Å²) in [6.07, 6.45) is -0.261. The van der Waals surface area contributed by atoms with Gasteiger partial charge in [-0.25, -0.2) is 4.79 Å². The fraction of sp³-hybridized carbons (Fsp3) is 0.765. The monoisotopic (exact) mass is 324 g/mol. The Bertz CT molecular complexity index is 531. The van der Waals surface area contributed by atoms with Crippen LogP contribution in [0, 0.1) is 13.8 Å². The van der Waals surface area contributed by atoms with E-state index in [9.17, 15) is 4.79 Å². The third kappa shape index (κ3) is 5.53. The predicted molar refractivity (Wildman–Crippen MR) is 92.6 cm³/mol. The Morgan fingerprint density at radius 2 is 2.00 bits per heavy atom. The van der Waals surface area contributed by atoms with Crippen LogP contribution >= 0.6 is 0 Å². The first-order valence-corrected chi connectivity index (χ1v) is 8.28. The summed E-state index contributed by atoms with van der Waals surface area (Å²) in [6.45, 7) is 15.8. The Labute approximate surface area is 140 Å². The van der Waals surface area contributed by atoms with Gasteiger partial charge in [-0.15, -0.1) is 0 Å². The van der Waals surface area contributed by atoms with E-state index in [0.29, 0.717) is 19.6 Å². The Hall–Kier alpha value is -1.56. The van der Waals surface area contributed by atoms with Crippen molar-refractivity contribution in [3.05, 3.63) is 17.0 Å². The highest BCUT2D eigenvalue weighted by atomic mass is 16.6. The number of carbonyl (C=O) groups excluding carboxylic acids is 1. The van der Waals surface area contributed by atoms with Gasteiger partial charge in [0.25, 0.3) is 0 Å². The second kappa shape index (κ2) is 7.81. The highest BCUT2D eigenvalue weighted by molar-refractivity contribution is 5.68. The second-order valence-corrected chi connectivity index (χ2v) is 6.94. The predicted octanol–water partition coefficient (Wildman–Crippen LogP) is 2.94. The number of rotatable bonds is 6. The highest BCUT2D eigenvalue weighted by Gasteiger charge is 2.21. The molecule has 23 heavy (non-hydrogen) atoms. The standard InChI is InChI=1S/C17H32N4O2/c1-9-21(16(22)23-17(5,6)7)11-10-18-12(2)15-13(3)19-20(8)14(15)4/h12,18H,9-11H2,1-8H3. The van der Waals surface area contributed by atoms with Crippen LogP contribution in [0.4, 0.5) is 4.79 Å². The molecule has 1 rings (SSSR count). The number of aryl methyl sites for hydroxylation is 2. The van der Waals surface area contributed by atoms with Crippen molar-refractivity contribution in [2.75, 3.05) is 19.6 Å². The summed E-state index contributed by atoms with van der Waals surface area (Å²) < 4.78 is 7.33. The van der Waals surface area contributed by atoms with Gasteiger partial charge in [-0.3, -0.25) is 4.68 Å². The molecule has 1 unspecified atom stereocenters. The molecule has 132 valence electrons. The molecule has 0 spiro atoms. The normalized spacial score (nSPS) is 13.0. The summed E-state index contributed by atoms with van der Waals surface area (Å²) in [5.74, 6) is 0. The van der Waals surface area contributed by atoms with Gasteiger partial charge in [0.1, 0.15) is 5.60 Å². The van der Waals surface area contributed by atoms with Crippen molar-refractivity contribution in [2.45, 2.75) is 60.1 Å². The number of likely N-dealkylation sites (N-methyl/N-ethyl adjacent to an activating group) is 1. The van der Waals surface area contributed by atoms with Crippen LogP contribution in [0.15, 0.2) is 0 Å². The molecule has 0 radical (unpaired) electrons. The molecule has 1 atom stereocenters. The summed E-state index contributed by atoms with van der Waals surface area (Å²) in [7, 11) is 1.96. The minimum absolute atomic E-state index is 0.195. The van der Waals surface area contributed by atoms with Gasteiger partial charge >= 0.3 is 6.09 Å². The molecule has 1 aromatic heterocycles. The van der Waals surface area contributed by atoms with Crippen LogP contribution < -0.4 is 5.32 Å². The second-order valence-electron chi connectivity index (χ2n) is 6.94. The van der Waals surface area contributed by atoms with Gasteiger partial charge in [-0.2, -0.15) is 5.10 Å². The van der Waals surface area contributed by atoms with Crippen molar-refractivity contribution in [2.24, 2.45) is 7.05 Å². The minimum Gasteiger partial charge on any atom is -0.444 e. The maximum atomic E-state index is 12.1. The van der Waals surface area contributed by atoms with Crippen molar-refractivity contribution in [3.63, 3.8) is 0 Å². The fourth-order valence-electron chi connectivity index (χ4n) is 2.64. The zero-order valence-corrected chi connectivity index (χ0v) is 15.9. The molecule has 0 bridgehead atoms. The van der Waals surface area contributed by atoms with Crippen molar-refractivity contribution in [1.82, 2.24) is 20.0 Å². The third-order valence-electron chi connectivity index (χ3n) is 3.86. The van der Waals surface area contributed by atoms with E-state index in [1.165, 1.54) is 11.3 Å². The van der Waals surface area contributed by atoms with Crippen LogP contribution in [0.5, 0.6) is 0 Å². The van der Waals surface area contributed by atoms with E-state index in [-0.39, 0.29) is 12.1 Å². The maximum absolute atomic E-state index is 12.1. The lowest BCUT2D eigenvalue weighted by Gasteiger charge is -2.27. The SMILES string of the molecule is CCN(CCNC(C)c1c(C)nn(C)c1C)C(=O)OC(C)(C)C. The topological polar surface area (TPSA) is 59.4 Å². The number of carbonyl (C=O) groups is 1. The van der Waals surface area contributed by atoms with E-state index in [2.05, 4.69) is 24.3 Å². The van der Waals surface area contributed by atoms with Crippen LogP contribution in [0.25, 0.3) is 0 Å². The molecule has 0 aliphatic heterocycles. The maximum Gasteiger partial charge on any atom is 0.410 e. The average molecular weight is 324 g/mol. The number of amides is 1. The third-order valence-corrected chi connectivity index (χ3v) is 3.86. The number of aromatic nitrogens is 2. The average Bonchev–Trinajstić information content (AvgIpc) is 2.66. The lowest BCUT2D eigenvalue weighted by Crippen LogP contribution is -2.40. The summed E-state index contributed by atoms with van der Waals surface area (Å²) >= 11 is 0. The quantitative estimate of drug-likeness (QED) is 0.874. The number of hydrogen-bond donors (Lipinski definition) is 1. The van der Waals surface area contributed by atoms with Gasteiger partial charge in [0.15, 0.2) is 0 Å². The molecular formula is C17H32N4O2. The molecule has 6 heteroatoms. The van der Waals surface area contributed by atoms with Crippen LogP contribution in [-0.4, -0.2) is 46.0 Å². The van der Waals surface area contributed by atoms with E-state index >= 15 is 0 Å². The van der Waals surface area contributed by atoms with E-state index in [0.717, 1.165) is 5.69 Å². The van der Waals surface area contributed by atoms with Gasteiger partial charge in [0.2, 0.25) is 0 Å². The van der Waals surface area contributed by atoms with Gasteiger partial charge in [0.05, 0.1) is 5.69 Å². The van der Waals surface area contributed by atoms with Crippen LogP contribution in [0.3, 0.4) is 0 Å². The fourth-order valence-corrected chi connectivity index (χ4v) is 2.64. The largest absolute Gasteiger partial charge is 0.444 e. The van der Waals surface area contributed by atoms with Crippen molar-refractivity contribution < 1.29 is 9.53 Å². The molecule has 1 heterocycles. The first kappa shape index (κ1) is 19.5. The van der Waals surface area contributed by atoms with E-state index in [1.807, 2.05) is 46.3 Å². The molecule has 0 aliphatic carbocycles. The van der Waals surface area contributed by atoms with Gasteiger partial charge in [0, 0.05) is 44.0 Å². The molecule has 0 saturated carbocycles. The van der Waals surface area contributed by atoms with Crippen LogP contribution in [0.1, 0.15) is 57.6 Å². The Balaban J connectivity index is 2.55. The zero-order chi connectivity index (χ0) is 17.8. The molecule has 0 aliphatic rings. The molecular weight excluding hydrogens is 292 g/mol. The number of nitrogens with zero attached hydrogens (tertiary/aromatic N) is 3. The number of hydrogen-bond acceptors (Lipinski definition) is 4. The summed E-state index contributed by atoms with van der Waals surface area (Å²) in [4.78, 5) is 13.8. The Morgan fingerprint density at radius 3 is 2.43 bits per heavy atom. The zero-order valence-electron chi connectivity index (χ0n) is 15.9. The van der Waals surface area contributed by atoms with E-state index in [1.54, 1.807) is 4.90 Å². The van der Waals surface area contributed by atoms with Crippen LogP contribution in [0.2, 0.25) is 0 Å². The lowest BCUT2D eigenvalue weighted by molar-refractivity contribution is 0.0261.